The smallest absolute Gasteiger partial charge is 0.0327 e. The van der Waals surface area contributed by atoms with Gasteiger partial charge in [0.05, 0.1) is 0 Å². The molecule has 0 amide bonds. The molecule has 1 rings (SSSR count). The van der Waals surface area contributed by atoms with Crippen molar-refractivity contribution in [3.8, 4) is 0 Å². The number of thiophene rings is 1. The van der Waals surface area contributed by atoms with E-state index < -0.39 is 0 Å². The first-order valence-corrected chi connectivity index (χ1v) is 7.89. The predicted octanol–water partition coefficient (Wildman–Crippen LogP) is 3.87. The van der Waals surface area contributed by atoms with E-state index in [1.165, 1.54) is 22.6 Å². The molecule has 0 radical (unpaired) electrons. The molecule has 1 aromatic rings. The minimum Gasteiger partial charge on any atom is -0.310 e. The van der Waals surface area contributed by atoms with Crippen LogP contribution in [0.15, 0.2) is 12.1 Å². The van der Waals surface area contributed by atoms with Crippen LogP contribution in [0.25, 0.3) is 0 Å². The molecule has 0 aliphatic heterocycles. The summed E-state index contributed by atoms with van der Waals surface area (Å²) in [4.78, 5) is 5.40. The first-order chi connectivity index (χ1) is 8.56. The Morgan fingerprint density at radius 2 is 1.78 bits per heavy atom. The van der Waals surface area contributed by atoms with Gasteiger partial charge >= 0.3 is 0 Å². The van der Waals surface area contributed by atoms with Crippen molar-refractivity contribution in [1.29, 1.82) is 0 Å². The van der Waals surface area contributed by atoms with E-state index in [-0.39, 0.29) is 0 Å². The summed E-state index contributed by atoms with van der Waals surface area (Å²) in [6.07, 6.45) is 2.47. The van der Waals surface area contributed by atoms with E-state index in [4.69, 9.17) is 0 Å². The Kier molecular flexibility index (Phi) is 6.90. The monoisotopic (exact) mass is 268 g/mol. The van der Waals surface area contributed by atoms with E-state index in [9.17, 15) is 0 Å². The van der Waals surface area contributed by atoms with Gasteiger partial charge in [0.15, 0.2) is 0 Å². The van der Waals surface area contributed by atoms with E-state index in [1.54, 1.807) is 0 Å². The van der Waals surface area contributed by atoms with Gasteiger partial charge in [0.1, 0.15) is 0 Å². The molecule has 104 valence electrons. The van der Waals surface area contributed by atoms with Crippen LogP contribution in [0.1, 0.15) is 50.3 Å². The van der Waals surface area contributed by atoms with Crippen molar-refractivity contribution in [3.05, 3.63) is 21.9 Å². The lowest BCUT2D eigenvalue weighted by molar-refractivity contribution is 0.223. The molecule has 2 nitrogen and oxygen atoms in total. The third-order valence-corrected chi connectivity index (χ3v) is 4.44. The van der Waals surface area contributed by atoms with Crippen LogP contribution in [-0.2, 0) is 13.1 Å². The molecule has 1 heterocycles. The number of nitrogens with zero attached hydrogens (tertiary/aromatic N) is 1. The Hall–Kier alpha value is -0.380. The molecule has 0 bridgehead atoms. The van der Waals surface area contributed by atoms with Gasteiger partial charge in [0.25, 0.3) is 0 Å². The van der Waals surface area contributed by atoms with Gasteiger partial charge in [0, 0.05) is 34.9 Å². The normalized spacial score (nSPS) is 12.0. The summed E-state index contributed by atoms with van der Waals surface area (Å²) in [6.45, 7) is 11.0. The van der Waals surface area contributed by atoms with Gasteiger partial charge < -0.3 is 5.32 Å². The van der Waals surface area contributed by atoms with E-state index in [2.05, 4.69) is 57.1 Å². The number of nitrogens with one attached hydrogen (secondary N) is 1. The molecule has 1 aromatic heterocycles. The van der Waals surface area contributed by atoms with Gasteiger partial charge in [-0.25, -0.2) is 0 Å². The van der Waals surface area contributed by atoms with Crippen LogP contribution in [-0.4, -0.2) is 24.0 Å². The average Bonchev–Trinajstić information content (AvgIpc) is 2.75. The minimum absolute atomic E-state index is 0.558. The average molecular weight is 268 g/mol. The van der Waals surface area contributed by atoms with Gasteiger partial charge in [-0.05, 0) is 32.0 Å². The quantitative estimate of drug-likeness (QED) is 0.770. The zero-order valence-electron chi connectivity index (χ0n) is 12.5. The third-order valence-electron chi connectivity index (χ3n) is 3.37. The van der Waals surface area contributed by atoms with Crippen molar-refractivity contribution in [2.75, 3.05) is 7.05 Å². The first-order valence-electron chi connectivity index (χ1n) is 7.08. The van der Waals surface area contributed by atoms with E-state index in [0.29, 0.717) is 12.1 Å². The molecule has 0 unspecified atom stereocenters. The highest BCUT2D eigenvalue weighted by molar-refractivity contribution is 7.11. The second-order valence-electron chi connectivity index (χ2n) is 5.29. The Morgan fingerprint density at radius 3 is 2.33 bits per heavy atom. The highest BCUT2D eigenvalue weighted by Gasteiger charge is 2.11. The maximum atomic E-state index is 3.47. The largest absolute Gasteiger partial charge is 0.310 e. The fourth-order valence-corrected chi connectivity index (χ4v) is 3.23. The number of rotatable bonds is 8. The maximum Gasteiger partial charge on any atom is 0.0327 e. The zero-order valence-corrected chi connectivity index (χ0v) is 13.3. The highest BCUT2D eigenvalue weighted by atomic mass is 32.1. The fourth-order valence-electron chi connectivity index (χ4n) is 2.19. The number of hydrogen-bond acceptors (Lipinski definition) is 3. The highest BCUT2D eigenvalue weighted by Crippen LogP contribution is 2.20. The fraction of sp³-hybridized carbons (Fsp3) is 0.733. The van der Waals surface area contributed by atoms with Crippen LogP contribution in [0.3, 0.4) is 0 Å². The van der Waals surface area contributed by atoms with Crippen molar-refractivity contribution in [1.82, 2.24) is 10.2 Å². The van der Waals surface area contributed by atoms with Gasteiger partial charge in [-0.3, -0.25) is 4.90 Å². The van der Waals surface area contributed by atoms with Crippen molar-refractivity contribution in [2.24, 2.45) is 0 Å². The second kappa shape index (κ2) is 7.93. The van der Waals surface area contributed by atoms with Crippen LogP contribution >= 0.6 is 11.3 Å². The van der Waals surface area contributed by atoms with Gasteiger partial charge in [0.2, 0.25) is 0 Å². The SMILES string of the molecule is CCC(CC)N(C)Cc1ccc(CNC(C)C)s1. The molecule has 0 spiro atoms. The van der Waals surface area contributed by atoms with Crippen LogP contribution in [0, 0.1) is 0 Å². The van der Waals surface area contributed by atoms with Gasteiger partial charge in [-0.2, -0.15) is 0 Å². The van der Waals surface area contributed by atoms with Crippen molar-refractivity contribution in [2.45, 2.75) is 65.7 Å². The summed E-state index contributed by atoms with van der Waals surface area (Å²) in [5, 5.41) is 3.47. The van der Waals surface area contributed by atoms with E-state index in [0.717, 1.165) is 13.1 Å². The van der Waals surface area contributed by atoms with Crippen LogP contribution in [0.5, 0.6) is 0 Å². The maximum absolute atomic E-state index is 3.47. The lowest BCUT2D eigenvalue weighted by atomic mass is 10.1. The Balaban J connectivity index is 2.47. The molecule has 1 N–H and O–H groups in total. The third kappa shape index (κ3) is 5.09. The predicted molar refractivity (Wildman–Crippen MR) is 82.1 cm³/mol. The molecule has 0 fully saturated rings. The molecule has 0 saturated heterocycles. The van der Waals surface area contributed by atoms with Crippen LogP contribution < -0.4 is 5.32 Å². The van der Waals surface area contributed by atoms with E-state index in [1.807, 2.05) is 11.3 Å². The second-order valence-corrected chi connectivity index (χ2v) is 6.54. The molecule has 0 saturated carbocycles. The standard InChI is InChI=1S/C15H28N2S/c1-6-13(7-2)17(5)11-15-9-8-14(18-15)10-16-12(3)4/h8-9,12-13,16H,6-7,10-11H2,1-5H3. The molecule has 0 aromatic carbocycles. The van der Waals surface area contributed by atoms with Crippen molar-refractivity contribution < 1.29 is 0 Å². The van der Waals surface area contributed by atoms with Gasteiger partial charge in [-0.15, -0.1) is 11.3 Å². The lowest BCUT2D eigenvalue weighted by Crippen LogP contribution is -2.29. The van der Waals surface area contributed by atoms with Crippen molar-refractivity contribution in [3.63, 3.8) is 0 Å². The molecular weight excluding hydrogens is 240 g/mol. The lowest BCUT2D eigenvalue weighted by Gasteiger charge is -2.25. The molecule has 3 heteroatoms. The zero-order chi connectivity index (χ0) is 13.5. The first kappa shape index (κ1) is 15.7. The van der Waals surface area contributed by atoms with Gasteiger partial charge in [-0.1, -0.05) is 27.7 Å². The van der Waals surface area contributed by atoms with Crippen LogP contribution in [0.2, 0.25) is 0 Å². The van der Waals surface area contributed by atoms with Crippen LogP contribution in [0.4, 0.5) is 0 Å². The molecule has 0 atom stereocenters. The van der Waals surface area contributed by atoms with Crippen molar-refractivity contribution >= 4 is 11.3 Å². The molecule has 0 aliphatic rings. The van der Waals surface area contributed by atoms with E-state index >= 15 is 0 Å². The topological polar surface area (TPSA) is 15.3 Å². The summed E-state index contributed by atoms with van der Waals surface area (Å²) in [5.41, 5.74) is 0. The molecule has 18 heavy (non-hydrogen) atoms. The molecular formula is C15H28N2S. The Labute approximate surface area is 116 Å². The summed E-state index contributed by atoms with van der Waals surface area (Å²) >= 11 is 1.94. The summed E-state index contributed by atoms with van der Waals surface area (Å²) in [6, 6.07) is 5.81. The Morgan fingerprint density at radius 1 is 1.17 bits per heavy atom. The summed E-state index contributed by atoms with van der Waals surface area (Å²) < 4.78 is 0. The minimum atomic E-state index is 0.558. The molecule has 0 aliphatic carbocycles. The summed E-state index contributed by atoms with van der Waals surface area (Å²) in [7, 11) is 2.24. The summed E-state index contributed by atoms with van der Waals surface area (Å²) in [5.74, 6) is 0. The number of hydrogen-bond donors (Lipinski definition) is 1. The Bertz CT molecular complexity index is 329.